The molecule has 3 heteroatoms. The van der Waals surface area contributed by atoms with E-state index in [-0.39, 0.29) is 5.82 Å². The number of aromatic nitrogens is 2. The summed E-state index contributed by atoms with van der Waals surface area (Å²) in [5.74, 6) is 0.728. The second kappa shape index (κ2) is 6.56. The van der Waals surface area contributed by atoms with E-state index in [1.54, 1.807) is 12.1 Å². The van der Waals surface area contributed by atoms with Crippen molar-refractivity contribution in [3.63, 3.8) is 0 Å². The van der Waals surface area contributed by atoms with Crippen LogP contribution in [-0.2, 0) is 6.54 Å². The number of imidazole rings is 1. The first-order chi connectivity index (χ1) is 10.8. The number of fused-ring (bicyclic) bond motifs is 1. The van der Waals surface area contributed by atoms with E-state index in [1.807, 2.05) is 30.4 Å². The molecule has 0 atom stereocenters. The number of aryl methyl sites for hydroxylation is 1. The lowest BCUT2D eigenvalue weighted by Gasteiger charge is -2.05. The van der Waals surface area contributed by atoms with Crippen LogP contribution in [0, 0.1) is 5.82 Å². The molecule has 3 aromatic rings. The zero-order valence-electron chi connectivity index (χ0n) is 12.7. The Morgan fingerprint density at radius 1 is 1.05 bits per heavy atom. The molecule has 0 aliphatic heterocycles. The summed E-state index contributed by atoms with van der Waals surface area (Å²) >= 11 is 0. The zero-order chi connectivity index (χ0) is 15.4. The van der Waals surface area contributed by atoms with Crippen molar-refractivity contribution >= 4 is 23.2 Å². The maximum atomic E-state index is 13.0. The van der Waals surface area contributed by atoms with Gasteiger partial charge in [-0.25, -0.2) is 9.37 Å². The lowest BCUT2D eigenvalue weighted by Crippen LogP contribution is -2.00. The van der Waals surface area contributed by atoms with Crippen LogP contribution in [0.2, 0.25) is 0 Å². The molecule has 0 aliphatic carbocycles. The van der Waals surface area contributed by atoms with Crippen LogP contribution < -0.4 is 0 Å². The highest BCUT2D eigenvalue weighted by atomic mass is 19.1. The first kappa shape index (κ1) is 14.5. The highest BCUT2D eigenvalue weighted by molar-refractivity contribution is 5.79. The Hall–Kier alpha value is -2.42. The number of halogens is 1. The van der Waals surface area contributed by atoms with Gasteiger partial charge in [-0.2, -0.15) is 0 Å². The summed E-state index contributed by atoms with van der Waals surface area (Å²) in [5, 5.41) is 0. The van der Waals surface area contributed by atoms with Gasteiger partial charge in [-0.15, -0.1) is 0 Å². The molecule has 2 nitrogen and oxygen atoms in total. The molecule has 0 amide bonds. The smallest absolute Gasteiger partial charge is 0.133 e. The summed E-state index contributed by atoms with van der Waals surface area (Å²) < 4.78 is 15.2. The third-order valence-electron chi connectivity index (χ3n) is 3.71. The number of hydrogen-bond donors (Lipinski definition) is 0. The molecule has 0 N–H and O–H groups in total. The SMILES string of the molecule is CCCCn1c(C=Cc2ccc(F)cc2)nc2ccccc21. The molecule has 1 heterocycles. The summed E-state index contributed by atoms with van der Waals surface area (Å²) in [6.07, 6.45) is 6.25. The van der Waals surface area contributed by atoms with Crippen molar-refractivity contribution in [3.8, 4) is 0 Å². The van der Waals surface area contributed by atoms with Gasteiger partial charge in [0.15, 0.2) is 0 Å². The molecule has 0 spiro atoms. The van der Waals surface area contributed by atoms with Gasteiger partial charge in [-0.1, -0.05) is 43.7 Å². The number of nitrogens with zero attached hydrogens (tertiary/aromatic N) is 2. The Labute approximate surface area is 129 Å². The van der Waals surface area contributed by atoms with Crippen molar-refractivity contribution in [3.05, 3.63) is 65.7 Å². The highest BCUT2D eigenvalue weighted by Gasteiger charge is 2.07. The molecule has 1 aromatic heterocycles. The van der Waals surface area contributed by atoms with E-state index >= 15 is 0 Å². The van der Waals surface area contributed by atoms with Gasteiger partial charge in [0.2, 0.25) is 0 Å². The third kappa shape index (κ3) is 3.08. The van der Waals surface area contributed by atoms with E-state index in [9.17, 15) is 4.39 Å². The molecule has 0 fully saturated rings. The van der Waals surface area contributed by atoms with E-state index < -0.39 is 0 Å². The number of rotatable bonds is 5. The first-order valence-electron chi connectivity index (χ1n) is 7.67. The van der Waals surface area contributed by atoms with Gasteiger partial charge in [0.1, 0.15) is 11.6 Å². The van der Waals surface area contributed by atoms with E-state index in [0.717, 1.165) is 41.8 Å². The number of unbranched alkanes of at least 4 members (excludes halogenated alkanes) is 1. The monoisotopic (exact) mass is 294 g/mol. The largest absolute Gasteiger partial charge is 0.324 e. The molecule has 0 radical (unpaired) electrons. The molecule has 0 saturated heterocycles. The molecule has 0 bridgehead atoms. The topological polar surface area (TPSA) is 17.8 Å². The molecule has 0 aliphatic rings. The van der Waals surface area contributed by atoms with Crippen LogP contribution in [0.4, 0.5) is 4.39 Å². The molecule has 112 valence electrons. The first-order valence-corrected chi connectivity index (χ1v) is 7.67. The van der Waals surface area contributed by atoms with Gasteiger partial charge in [-0.3, -0.25) is 0 Å². The lowest BCUT2D eigenvalue weighted by atomic mass is 10.2. The Balaban J connectivity index is 1.96. The van der Waals surface area contributed by atoms with E-state index in [0.29, 0.717) is 0 Å². The fourth-order valence-electron chi connectivity index (χ4n) is 2.52. The van der Waals surface area contributed by atoms with Crippen LogP contribution in [0.25, 0.3) is 23.2 Å². The molecule has 22 heavy (non-hydrogen) atoms. The zero-order valence-corrected chi connectivity index (χ0v) is 12.7. The van der Waals surface area contributed by atoms with Gasteiger partial charge >= 0.3 is 0 Å². The summed E-state index contributed by atoms with van der Waals surface area (Å²) in [7, 11) is 0. The normalized spacial score (nSPS) is 11.5. The molecule has 0 unspecified atom stereocenters. The molecule has 2 aromatic carbocycles. The van der Waals surface area contributed by atoms with Gasteiger partial charge in [-0.05, 0) is 42.3 Å². The molecular weight excluding hydrogens is 275 g/mol. The fourth-order valence-corrected chi connectivity index (χ4v) is 2.52. The van der Waals surface area contributed by atoms with Crippen LogP contribution >= 0.6 is 0 Å². The average Bonchev–Trinajstić information content (AvgIpc) is 2.90. The van der Waals surface area contributed by atoms with E-state index in [1.165, 1.54) is 12.1 Å². The number of hydrogen-bond acceptors (Lipinski definition) is 1. The van der Waals surface area contributed by atoms with Crippen LogP contribution in [0.3, 0.4) is 0 Å². The van der Waals surface area contributed by atoms with Crippen LogP contribution in [0.5, 0.6) is 0 Å². The van der Waals surface area contributed by atoms with Crippen molar-refractivity contribution in [2.24, 2.45) is 0 Å². The van der Waals surface area contributed by atoms with Gasteiger partial charge in [0.25, 0.3) is 0 Å². The number of para-hydroxylation sites is 2. The van der Waals surface area contributed by atoms with Crippen molar-refractivity contribution in [1.82, 2.24) is 9.55 Å². The van der Waals surface area contributed by atoms with E-state index in [4.69, 9.17) is 4.98 Å². The third-order valence-corrected chi connectivity index (χ3v) is 3.71. The van der Waals surface area contributed by atoms with Crippen LogP contribution in [-0.4, -0.2) is 9.55 Å². The van der Waals surface area contributed by atoms with Gasteiger partial charge in [0, 0.05) is 6.54 Å². The van der Waals surface area contributed by atoms with Crippen LogP contribution in [0.1, 0.15) is 31.2 Å². The Bertz CT molecular complexity index is 785. The summed E-state index contributed by atoms with van der Waals surface area (Å²) in [5.41, 5.74) is 3.14. The molecule has 3 rings (SSSR count). The summed E-state index contributed by atoms with van der Waals surface area (Å²) in [4.78, 5) is 4.70. The van der Waals surface area contributed by atoms with Crippen LogP contribution in [0.15, 0.2) is 48.5 Å². The van der Waals surface area contributed by atoms with Crippen molar-refractivity contribution in [2.45, 2.75) is 26.3 Å². The Morgan fingerprint density at radius 3 is 2.59 bits per heavy atom. The minimum atomic E-state index is -0.215. The van der Waals surface area contributed by atoms with Gasteiger partial charge in [0.05, 0.1) is 11.0 Å². The lowest BCUT2D eigenvalue weighted by molar-refractivity contribution is 0.628. The minimum absolute atomic E-state index is 0.215. The maximum Gasteiger partial charge on any atom is 0.133 e. The fraction of sp³-hybridized carbons (Fsp3) is 0.211. The standard InChI is InChI=1S/C19H19FN2/c1-2-3-14-22-18-7-5-4-6-17(18)21-19(22)13-10-15-8-11-16(20)12-9-15/h4-13H,2-3,14H2,1H3. The Morgan fingerprint density at radius 2 is 1.82 bits per heavy atom. The number of benzene rings is 2. The Kier molecular flexibility index (Phi) is 4.33. The average molecular weight is 294 g/mol. The quantitative estimate of drug-likeness (QED) is 0.636. The molecule has 0 saturated carbocycles. The second-order valence-corrected chi connectivity index (χ2v) is 5.35. The van der Waals surface area contributed by atoms with Crippen molar-refractivity contribution in [1.29, 1.82) is 0 Å². The summed E-state index contributed by atoms with van der Waals surface area (Å²) in [6, 6.07) is 14.7. The highest BCUT2D eigenvalue weighted by Crippen LogP contribution is 2.19. The van der Waals surface area contributed by atoms with Gasteiger partial charge < -0.3 is 4.57 Å². The predicted molar refractivity (Wildman–Crippen MR) is 90.0 cm³/mol. The van der Waals surface area contributed by atoms with Crippen molar-refractivity contribution in [2.75, 3.05) is 0 Å². The predicted octanol–water partition coefficient (Wildman–Crippen LogP) is 5.15. The van der Waals surface area contributed by atoms with Crippen molar-refractivity contribution < 1.29 is 4.39 Å². The van der Waals surface area contributed by atoms with E-state index in [2.05, 4.69) is 17.6 Å². The molecular formula is C19H19FN2. The summed E-state index contributed by atoms with van der Waals surface area (Å²) in [6.45, 7) is 3.15. The minimum Gasteiger partial charge on any atom is -0.324 e. The second-order valence-electron chi connectivity index (χ2n) is 5.35. The maximum absolute atomic E-state index is 13.0.